The topological polar surface area (TPSA) is 46.6 Å². The molecule has 2 aromatic carbocycles. The Morgan fingerprint density at radius 1 is 1.22 bits per heavy atom. The van der Waals surface area contributed by atoms with Crippen LogP contribution in [0.5, 0.6) is 0 Å². The number of carbonyl (C=O) groups is 2. The molecule has 6 heteroatoms. The van der Waals surface area contributed by atoms with E-state index in [-0.39, 0.29) is 23.7 Å². The summed E-state index contributed by atoms with van der Waals surface area (Å²) < 4.78 is 6.09. The average Bonchev–Trinajstić information content (AvgIpc) is 2.86. The van der Waals surface area contributed by atoms with Crippen LogP contribution in [-0.4, -0.2) is 18.5 Å². The molecule has 1 heterocycles. The number of hydrogen-bond donors (Lipinski definition) is 0. The molecule has 0 N–H and O–H groups in total. The van der Waals surface area contributed by atoms with Crippen molar-refractivity contribution in [3.63, 3.8) is 0 Å². The number of esters is 1. The molecule has 0 bridgehead atoms. The van der Waals surface area contributed by atoms with Crippen LogP contribution in [0.25, 0.3) is 6.08 Å². The van der Waals surface area contributed by atoms with E-state index in [2.05, 4.69) is 15.9 Å². The molecule has 0 atom stereocenters. The molecular weight excluding hydrogens is 430 g/mol. The Kier molecular flexibility index (Phi) is 5.82. The van der Waals surface area contributed by atoms with Crippen molar-refractivity contribution in [3.05, 3.63) is 80.4 Å². The van der Waals surface area contributed by atoms with Gasteiger partial charge in [0, 0.05) is 20.9 Å². The van der Waals surface area contributed by atoms with Crippen LogP contribution in [0.2, 0.25) is 5.02 Å². The van der Waals surface area contributed by atoms with Crippen molar-refractivity contribution < 1.29 is 14.3 Å². The maximum atomic E-state index is 13.2. The highest BCUT2D eigenvalue weighted by Gasteiger charge is 2.38. The highest BCUT2D eigenvalue weighted by Crippen LogP contribution is 2.36. The number of nitrogens with zero attached hydrogens (tertiary/aromatic N) is 1. The van der Waals surface area contributed by atoms with Gasteiger partial charge in [-0.15, -0.1) is 0 Å². The molecule has 1 aliphatic heterocycles. The number of anilines is 1. The number of carbonyl (C=O) groups excluding carboxylic acids is 2. The molecule has 2 aromatic rings. The highest BCUT2D eigenvalue weighted by molar-refractivity contribution is 9.10. The second kappa shape index (κ2) is 8.11. The summed E-state index contributed by atoms with van der Waals surface area (Å²) in [6, 6.07) is 14.4. The lowest BCUT2D eigenvalue weighted by atomic mass is 10.0. The Balaban J connectivity index is 2.12. The predicted molar refractivity (Wildman–Crippen MR) is 110 cm³/mol. The van der Waals surface area contributed by atoms with Crippen molar-refractivity contribution in [1.82, 2.24) is 0 Å². The molecule has 0 fully saturated rings. The largest absolute Gasteiger partial charge is 0.462 e. The molecule has 3 rings (SSSR count). The van der Waals surface area contributed by atoms with Gasteiger partial charge >= 0.3 is 5.97 Å². The second-order valence-electron chi connectivity index (χ2n) is 5.91. The Morgan fingerprint density at radius 2 is 1.93 bits per heavy atom. The van der Waals surface area contributed by atoms with Crippen molar-refractivity contribution in [3.8, 4) is 0 Å². The third-order valence-electron chi connectivity index (χ3n) is 4.12. The first-order chi connectivity index (χ1) is 12.9. The summed E-state index contributed by atoms with van der Waals surface area (Å²) in [7, 11) is 0. The van der Waals surface area contributed by atoms with E-state index in [1.54, 1.807) is 38.1 Å². The smallest absolute Gasteiger partial charge is 0.340 e. The van der Waals surface area contributed by atoms with E-state index >= 15 is 0 Å². The number of amides is 1. The first kappa shape index (κ1) is 19.4. The molecule has 1 aliphatic rings. The normalized spacial score (nSPS) is 15.6. The molecule has 0 aromatic heterocycles. The van der Waals surface area contributed by atoms with Crippen LogP contribution in [0.4, 0.5) is 5.69 Å². The van der Waals surface area contributed by atoms with Gasteiger partial charge in [-0.25, -0.2) is 4.79 Å². The third kappa shape index (κ3) is 3.99. The molecule has 0 spiro atoms. The zero-order valence-electron chi connectivity index (χ0n) is 14.8. The number of halogens is 2. The van der Waals surface area contributed by atoms with Crippen LogP contribution >= 0.6 is 27.5 Å². The SMILES string of the molecule is CCOC(=O)C1=C(C)N(c2ccc(Br)cc2)C(=O)/C1=C\c1cccc(Cl)c1. The van der Waals surface area contributed by atoms with E-state index in [0.29, 0.717) is 16.4 Å². The molecule has 27 heavy (non-hydrogen) atoms. The zero-order chi connectivity index (χ0) is 19.6. The van der Waals surface area contributed by atoms with Crippen LogP contribution in [-0.2, 0) is 14.3 Å². The average molecular weight is 447 g/mol. The first-order valence-electron chi connectivity index (χ1n) is 8.38. The van der Waals surface area contributed by atoms with Crippen molar-refractivity contribution in [2.45, 2.75) is 13.8 Å². The van der Waals surface area contributed by atoms with Gasteiger partial charge in [-0.05, 0) is 61.9 Å². The van der Waals surface area contributed by atoms with Gasteiger partial charge in [0.1, 0.15) is 0 Å². The molecule has 0 saturated heterocycles. The van der Waals surface area contributed by atoms with Gasteiger partial charge in [-0.3, -0.25) is 9.69 Å². The van der Waals surface area contributed by atoms with E-state index in [0.717, 1.165) is 10.0 Å². The number of ether oxygens (including phenoxy) is 1. The molecule has 138 valence electrons. The highest BCUT2D eigenvalue weighted by atomic mass is 79.9. The summed E-state index contributed by atoms with van der Waals surface area (Å²) >= 11 is 9.44. The maximum Gasteiger partial charge on any atom is 0.340 e. The Labute approximate surface area is 171 Å². The van der Waals surface area contributed by atoms with Gasteiger partial charge in [0.2, 0.25) is 0 Å². The van der Waals surface area contributed by atoms with Gasteiger partial charge in [0.25, 0.3) is 5.91 Å². The summed E-state index contributed by atoms with van der Waals surface area (Å²) in [5, 5.41) is 0.554. The monoisotopic (exact) mass is 445 g/mol. The van der Waals surface area contributed by atoms with E-state index < -0.39 is 5.97 Å². The molecule has 0 radical (unpaired) electrons. The lowest BCUT2D eigenvalue weighted by Gasteiger charge is -2.18. The minimum absolute atomic E-state index is 0.229. The Bertz CT molecular complexity index is 964. The fraction of sp³-hybridized carbons (Fsp3) is 0.143. The Hall–Kier alpha value is -2.37. The fourth-order valence-corrected chi connectivity index (χ4v) is 3.41. The fourth-order valence-electron chi connectivity index (χ4n) is 2.95. The predicted octanol–water partition coefficient (Wildman–Crippen LogP) is 5.37. The number of benzene rings is 2. The van der Waals surface area contributed by atoms with E-state index in [9.17, 15) is 9.59 Å². The lowest BCUT2D eigenvalue weighted by molar-refractivity contribution is -0.138. The number of rotatable bonds is 4. The van der Waals surface area contributed by atoms with Crippen LogP contribution in [0.15, 0.2) is 69.8 Å². The van der Waals surface area contributed by atoms with Crippen LogP contribution in [0.3, 0.4) is 0 Å². The standard InChI is InChI=1S/C21H17BrClNO3/c1-3-27-21(26)19-13(2)24(17-9-7-15(22)8-10-17)20(25)18(19)12-14-5-4-6-16(23)11-14/h4-12H,3H2,1-2H3/b18-12-. The Morgan fingerprint density at radius 3 is 2.56 bits per heavy atom. The third-order valence-corrected chi connectivity index (χ3v) is 4.89. The van der Waals surface area contributed by atoms with Crippen LogP contribution in [0, 0.1) is 0 Å². The summed E-state index contributed by atoms with van der Waals surface area (Å²) in [6.45, 7) is 3.70. The van der Waals surface area contributed by atoms with Crippen molar-refractivity contribution in [2.24, 2.45) is 0 Å². The van der Waals surface area contributed by atoms with E-state index in [1.807, 2.05) is 30.3 Å². The van der Waals surface area contributed by atoms with Crippen molar-refractivity contribution in [1.29, 1.82) is 0 Å². The molecule has 1 amide bonds. The first-order valence-corrected chi connectivity index (χ1v) is 9.55. The second-order valence-corrected chi connectivity index (χ2v) is 7.26. The molecule has 0 saturated carbocycles. The molecule has 4 nitrogen and oxygen atoms in total. The summed E-state index contributed by atoms with van der Waals surface area (Å²) in [5.74, 6) is -0.797. The maximum absolute atomic E-state index is 13.2. The van der Waals surface area contributed by atoms with Crippen LogP contribution in [0.1, 0.15) is 19.4 Å². The molecule has 0 unspecified atom stereocenters. The number of allylic oxidation sites excluding steroid dienone is 1. The van der Waals surface area contributed by atoms with Gasteiger partial charge in [-0.2, -0.15) is 0 Å². The lowest BCUT2D eigenvalue weighted by Crippen LogP contribution is -2.24. The summed E-state index contributed by atoms with van der Waals surface area (Å²) in [4.78, 5) is 27.3. The van der Waals surface area contributed by atoms with Gasteiger partial charge in [0.05, 0.1) is 17.8 Å². The number of hydrogen-bond acceptors (Lipinski definition) is 3. The van der Waals surface area contributed by atoms with Crippen molar-refractivity contribution >= 4 is 51.2 Å². The zero-order valence-corrected chi connectivity index (χ0v) is 17.2. The van der Waals surface area contributed by atoms with Gasteiger partial charge in [0.15, 0.2) is 0 Å². The van der Waals surface area contributed by atoms with Gasteiger partial charge in [-0.1, -0.05) is 39.7 Å². The minimum atomic E-state index is -0.517. The molecular formula is C21H17BrClNO3. The van der Waals surface area contributed by atoms with E-state index in [4.69, 9.17) is 16.3 Å². The minimum Gasteiger partial charge on any atom is -0.462 e. The summed E-state index contributed by atoms with van der Waals surface area (Å²) in [5.41, 5.74) is 2.50. The summed E-state index contributed by atoms with van der Waals surface area (Å²) in [6.07, 6.45) is 1.67. The van der Waals surface area contributed by atoms with Gasteiger partial charge < -0.3 is 4.74 Å². The van der Waals surface area contributed by atoms with Crippen molar-refractivity contribution in [2.75, 3.05) is 11.5 Å². The quantitative estimate of drug-likeness (QED) is 0.468. The van der Waals surface area contributed by atoms with E-state index in [1.165, 1.54) is 4.90 Å². The molecule has 0 aliphatic carbocycles. The van der Waals surface area contributed by atoms with Crippen LogP contribution < -0.4 is 4.90 Å².